The first-order chi connectivity index (χ1) is 7.40. The van der Waals surface area contributed by atoms with Gasteiger partial charge in [0.15, 0.2) is 0 Å². The van der Waals surface area contributed by atoms with Crippen molar-refractivity contribution in [2.45, 2.75) is 18.9 Å². The lowest BCUT2D eigenvalue weighted by Crippen LogP contribution is -2.37. The van der Waals surface area contributed by atoms with Gasteiger partial charge in [0.2, 0.25) is 0 Å². The Kier molecular flexibility index (Phi) is 3.25. The van der Waals surface area contributed by atoms with Crippen LogP contribution in [0.5, 0.6) is 0 Å². The van der Waals surface area contributed by atoms with Gasteiger partial charge < -0.3 is 10.1 Å². The number of piperidine rings is 1. The van der Waals surface area contributed by atoms with E-state index >= 15 is 0 Å². The quantitative estimate of drug-likeness (QED) is 0.737. The maximum absolute atomic E-state index is 10.8. The number of aromatic nitrogens is 1. The molecule has 1 unspecified atom stereocenters. The average Bonchev–Trinajstić information content (AvgIpc) is 2.31. The smallest absolute Gasteiger partial charge is 0.141 e. The molecule has 1 aromatic heterocycles. The molecule has 3 nitrogen and oxygen atoms in total. The van der Waals surface area contributed by atoms with E-state index in [1.807, 2.05) is 24.3 Å². The summed E-state index contributed by atoms with van der Waals surface area (Å²) in [6.07, 6.45) is 6.80. The van der Waals surface area contributed by atoms with E-state index in [1.165, 1.54) is 0 Å². The van der Waals surface area contributed by atoms with Crippen molar-refractivity contribution in [3.63, 3.8) is 0 Å². The van der Waals surface area contributed by atoms with Crippen LogP contribution in [0.4, 0.5) is 0 Å². The number of carbonyl (C=O) groups is 1. The third kappa shape index (κ3) is 2.50. The van der Waals surface area contributed by atoms with Crippen molar-refractivity contribution in [1.29, 1.82) is 0 Å². The summed E-state index contributed by atoms with van der Waals surface area (Å²) in [7, 11) is 0. The standard InChI is InChI=1S/C12H14N2O/c15-9-12-10(4-3-7-14-12)8-11-5-1-2-6-13-11/h1-2,5-6,8-9,12,14H,3-4,7H2/b10-8+. The maximum Gasteiger partial charge on any atom is 0.141 e. The molecular formula is C12H14N2O. The minimum Gasteiger partial charge on any atom is -0.304 e. The van der Waals surface area contributed by atoms with Gasteiger partial charge in [0.1, 0.15) is 6.29 Å². The number of hydrogen-bond acceptors (Lipinski definition) is 3. The molecule has 0 amide bonds. The van der Waals surface area contributed by atoms with Gasteiger partial charge in [-0.1, -0.05) is 6.07 Å². The van der Waals surface area contributed by atoms with Crippen LogP contribution < -0.4 is 5.32 Å². The van der Waals surface area contributed by atoms with Crippen LogP contribution in [0, 0.1) is 0 Å². The Morgan fingerprint density at radius 2 is 2.40 bits per heavy atom. The van der Waals surface area contributed by atoms with Crippen LogP contribution in [0.3, 0.4) is 0 Å². The number of rotatable bonds is 2. The highest BCUT2D eigenvalue weighted by atomic mass is 16.1. The summed E-state index contributed by atoms with van der Waals surface area (Å²) in [5.74, 6) is 0. The minimum absolute atomic E-state index is 0.124. The highest BCUT2D eigenvalue weighted by molar-refractivity contribution is 5.68. The Morgan fingerprint density at radius 1 is 1.47 bits per heavy atom. The Morgan fingerprint density at radius 3 is 3.13 bits per heavy atom. The summed E-state index contributed by atoms with van der Waals surface area (Å²) in [4.78, 5) is 15.1. The molecule has 1 atom stereocenters. The summed E-state index contributed by atoms with van der Waals surface area (Å²) >= 11 is 0. The summed E-state index contributed by atoms with van der Waals surface area (Å²) in [5, 5.41) is 3.17. The maximum atomic E-state index is 10.8. The van der Waals surface area contributed by atoms with Gasteiger partial charge in [0, 0.05) is 6.20 Å². The van der Waals surface area contributed by atoms with Gasteiger partial charge in [-0.3, -0.25) is 4.98 Å². The molecular weight excluding hydrogens is 188 g/mol. The molecule has 1 aliphatic heterocycles. The fourth-order valence-corrected chi connectivity index (χ4v) is 1.79. The third-order valence-corrected chi connectivity index (χ3v) is 2.56. The van der Waals surface area contributed by atoms with Crippen molar-refractivity contribution >= 4 is 12.4 Å². The van der Waals surface area contributed by atoms with Gasteiger partial charge in [-0.15, -0.1) is 0 Å². The monoisotopic (exact) mass is 202 g/mol. The molecule has 78 valence electrons. The first-order valence-corrected chi connectivity index (χ1v) is 5.20. The molecule has 1 saturated heterocycles. The molecule has 2 rings (SSSR count). The third-order valence-electron chi connectivity index (χ3n) is 2.56. The Bertz CT molecular complexity index is 359. The number of nitrogens with zero attached hydrogens (tertiary/aromatic N) is 1. The Labute approximate surface area is 89.2 Å². The second kappa shape index (κ2) is 4.84. The van der Waals surface area contributed by atoms with E-state index in [-0.39, 0.29) is 6.04 Å². The van der Waals surface area contributed by atoms with E-state index in [0.29, 0.717) is 0 Å². The summed E-state index contributed by atoms with van der Waals surface area (Å²) < 4.78 is 0. The normalized spacial score (nSPS) is 24.0. The van der Waals surface area contributed by atoms with Gasteiger partial charge in [-0.25, -0.2) is 0 Å². The van der Waals surface area contributed by atoms with Crippen LogP contribution in [0.2, 0.25) is 0 Å². The first-order valence-electron chi connectivity index (χ1n) is 5.20. The minimum atomic E-state index is -0.124. The SMILES string of the molecule is O=CC1NCCC/C1=C\c1ccccn1. The van der Waals surface area contributed by atoms with Gasteiger partial charge in [0.25, 0.3) is 0 Å². The van der Waals surface area contributed by atoms with Crippen LogP contribution >= 0.6 is 0 Å². The van der Waals surface area contributed by atoms with Crippen molar-refractivity contribution in [2.24, 2.45) is 0 Å². The van der Waals surface area contributed by atoms with Gasteiger partial charge in [0.05, 0.1) is 11.7 Å². The summed E-state index contributed by atoms with van der Waals surface area (Å²) in [5.41, 5.74) is 2.05. The fourth-order valence-electron chi connectivity index (χ4n) is 1.79. The zero-order valence-corrected chi connectivity index (χ0v) is 8.52. The molecule has 2 heterocycles. The first kappa shape index (κ1) is 10.1. The molecule has 3 heteroatoms. The second-order valence-corrected chi connectivity index (χ2v) is 3.65. The predicted molar refractivity (Wildman–Crippen MR) is 59.3 cm³/mol. The second-order valence-electron chi connectivity index (χ2n) is 3.65. The molecule has 15 heavy (non-hydrogen) atoms. The Hall–Kier alpha value is -1.48. The van der Waals surface area contributed by atoms with Crippen molar-refractivity contribution in [3.05, 3.63) is 35.7 Å². The molecule has 0 radical (unpaired) electrons. The number of nitrogens with one attached hydrogen (secondary N) is 1. The van der Waals surface area contributed by atoms with Crippen molar-refractivity contribution in [1.82, 2.24) is 10.3 Å². The molecule has 0 spiro atoms. The van der Waals surface area contributed by atoms with Crippen LogP contribution in [0.25, 0.3) is 6.08 Å². The van der Waals surface area contributed by atoms with Crippen molar-refractivity contribution in [2.75, 3.05) is 6.54 Å². The molecule has 1 N–H and O–H groups in total. The summed E-state index contributed by atoms with van der Waals surface area (Å²) in [6.45, 7) is 0.920. The predicted octanol–water partition coefficient (Wildman–Crippen LogP) is 1.42. The van der Waals surface area contributed by atoms with E-state index in [1.54, 1.807) is 6.20 Å². The lowest BCUT2D eigenvalue weighted by molar-refractivity contribution is -0.109. The van der Waals surface area contributed by atoms with Gasteiger partial charge in [-0.05, 0) is 43.2 Å². The number of carbonyl (C=O) groups excluding carboxylic acids is 1. The summed E-state index contributed by atoms with van der Waals surface area (Å²) in [6, 6.07) is 5.66. The Balaban J connectivity index is 2.20. The average molecular weight is 202 g/mol. The van der Waals surface area contributed by atoms with Crippen LogP contribution in [-0.2, 0) is 4.79 Å². The lowest BCUT2D eigenvalue weighted by atomic mass is 9.97. The number of hydrogen-bond donors (Lipinski definition) is 1. The van der Waals surface area contributed by atoms with Crippen LogP contribution in [-0.4, -0.2) is 23.9 Å². The van der Waals surface area contributed by atoms with E-state index in [9.17, 15) is 4.79 Å². The molecule has 0 aliphatic carbocycles. The van der Waals surface area contributed by atoms with E-state index in [4.69, 9.17) is 0 Å². The highest BCUT2D eigenvalue weighted by Gasteiger charge is 2.16. The molecule has 0 saturated carbocycles. The highest BCUT2D eigenvalue weighted by Crippen LogP contribution is 2.16. The van der Waals surface area contributed by atoms with Crippen LogP contribution in [0.15, 0.2) is 30.0 Å². The molecule has 1 fully saturated rings. The molecule has 1 aliphatic rings. The lowest BCUT2D eigenvalue weighted by Gasteiger charge is -2.22. The van der Waals surface area contributed by atoms with E-state index in [0.717, 1.165) is 36.9 Å². The fraction of sp³-hybridized carbons (Fsp3) is 0.333. The number of pyridine rings is 1. The van der Waals surface area contributed by atoms with Crippen molar-refractivity contribution in [3.8, 4) is 0 Å². The zero-order chi connectivity index (χ0) is 10.5. The molecule has 0 bridgehead atoms. The molecule has 1 aromatic rings. The largest absolute Gasteiger partial charge is 0.304 e. The zero-order valence-electron chi connectivity index (χ0n) is 8.52. The van der Waals surface area contributed by atoms with Gasteiger partial charge >= 0.3 is 0 Å². The van der Waals surface area contributed by atoms with E-state index < -0.39 is 0 Å². The van der Waals surface area contributed by atoms with Gasteiger partial charge in [-0.2, -0.15) is 0 Å². The van der Waals surface area contributed by atoms with E-state index in [2.05, 4.69) is 10.3 Å². The number of aldehydes is 1. The van der Waals surface area contributed by atoms with Crippen LogP contribution in [0.1, 0.15) is 18.5 Å². The molecule has 0 aromatic carbocycles. The topological polar surface area (TPSA) is 42.0 Å². The van der Waals surface area contributed by atoms with Crippen molar-refractivity contribution < 1.29 is 4.79 Å².